The van der Waals surface area contributed by atoms with E-state index in [4.69, 9.17) is 4.42 Å². The molecule has 23 heavy (non-hydrogen) atoms. The van der Waals surface area contributed by atoms with Crippen molar-refractivity contribution in [2.45, 2.75) is 6.54 Å². The van der Waals surface area contributed by atoms with E-state index < -0.39 is 5.91 Å². The van der Waals surface area contributed by atoms with Crippen molar-refractivity contribution in [2.24, 2.45) is 0 Å². The van der Waals surface area contributed by atoms with Crippen LogP contribution in [-0.4, -0.2) is 26.1 Å². The summed E-state index contributed by atoms with van der Waals surface area (Å²) in [6, 6.07) is 7.35. The summed E-state index contributed by atoms with van der Waals surface area (Å²) in [6.07, 6.45) is 4.80. The summed E-state index contributed by atoms with van der Waals surface area (Å²) in [6.45, 7) is 0.0736. The maximum absolute atomic E-state index is 12.0. The number of nitrogens with one attached hydrogen (secondary N) is 1. The predicted octanol–water partition coefficient (Wildman–Crippen LogP) is 2.08. The molecule has 0 aliphatic heterocycles. The lowest BCUT2D eigenvalue weighted by atomic mass is 10.2. The Kier molecular flexibility index (Phi) is 3.92. The highest BCUT2D eigenvalue weighted by atomic mass is 16.3. The van der Waals surface area contributed by atoms with Crippen LogP contribution in [0.15, 0.2) is 53.4 Å². The van der Waals surface area contributed by atoms with Gasteiger partial charge in [0, 0.05) is 24.0 Å². The van der Waals surface area contributed by atoms with Crippen LogP contribution in [-0.2, 0) is 6.54 Å². The van der Waals surface area contributed by atoms with Gasteiger partial charge in [0.1, 0.15) is 23.5 Å². The molecule has 0 bridgehead atoms. The van der Waals surface area contributed by atoms with Crippen molar-refractivity contribution in [2.75, 3.05) is 0 Å². The van der Waals surface area contributed by atoms with Crippen LogP contribution < -0.4 is 5.32 Å². The smallest absolute Gasteiger partial charge is 0.255 e. The van der Waals surface area contributed by atoms with Crippen LogP contribution in [0.4, 0.5) is 0 Å². The number of carbonyl (C=O) groups is 1. The molecule has 0 aliphatic rings. The monoisotopic (exact) mass is 311 g/mol. The van der Waals surface area contributed by atoms with Gasteiger partial charge < -0.3 is 19.9 Å². The fraction of sp³-hybridized carbons (Fsp3) is 0.0625. The van der Waals surface area contributed by atoms with Crippen molar-refractivity contribution in [3.8, 4) is 22.8 Å². The van der Waals surface area contributed by atoms with E-state index in [1.165, 1.54) is 18.4 Å². The minimum atomic E-state index is -0.494. The molecule has 3 aromatic rings. The molecule has 0 atom stereocenters. The molecule has 2 aromatic heterocycles. The number of amides is 1. The van der Waals surface area contributed by atoms with E-state index in [1.54, 1.807) is 24.5 Å². The first-order valence-corrected chi connectivity index (χ1v) is 6.78. The molecule has 0 radical (unpaired) electrons. The maximum atomic E-state index is 12.0. The topological polar surface area (TPSA) is 108 Å². The SMILES string of the molecule is O=C(NCc1nc(-c2ccncc2)co1)c1ccc(O)cc1O. The number of nitrogens with zero attached hydrogens (tertiary/aromatic N) is 2. The first-order chi connectivity index (χ1) is 11.1. The molecule has 1 amide bonds. The Morgan fingerprint density at radius 1 is 1.17 bits per heavy atom. The Balaban J connectivity index is 1.67. The number of pyridine rings is 1. The number of carbonyl (C=O) groups excluding carboxylic acids is 1. The molecule has 0 spiro atoms. The quantitative estimate of drug-likeness (QED) is 0.680. The molecule has 1 aromatic carbocycles. The van der Waals surface area contributed by atoms with E-state index in [9.17, 15) is 15.0 Å². The van der Waals surface area contributed by atoms with E-state index in [1.807, 2.05) is 0 Å². The Labute approximate surface area is 131 Å². The largest absolute Gasteiger partial charge is 0.508 e. The van der Waals surface area contributed by atoms with Gasteiger partial charge in [-0.05, 0) is 24.3 Å². The van der Waals surface area contributed by atoms with Crippen molar-refractivity contribution in [1.82, 2.24) is 15.3 Å². The van der Waals surface area contributed by atoms with Crippen molar-refractivity contribution in [3.63, 3.8) is 0 Å². The third-order valence-corrected chi connectivity index (χ3v) is 3.15. The molecule has 0 unspecified atom stereocenters. The third kappa shape index (κ3) is 3.29. The molecule has 2 heterocycles. The second-order valence-electron chi connectivity index (χ2n) is 4.75. The van der Waals surface area contributed by atoms with E-state index in [0.717, 1.165) is 11.6 Å². The normalized spacial score (nSPS) is 10.4. The Hall–Kier alpha value is -3.35. The van der Waals surface area contributed by atoms with Gasteiger partial charge in [-0.3, -0.25) is 9.78 Å². The predicted molar refractivity (Wildman–Crippen MR) is 80.7 cm³/mol. The van der Waals surface area contributed by atoms with Crippen LogP contribution >= 0.6 is 0 Å². The molecular formula is C16H13N3O4. The molecule has 7 heteroatoms. The van der Waals surface area contributed by atoms with Crippen molar-refractivity contribution in [1.29, 1.82) is 0 Å². The molecule has 0 saturated heterocycles. The third-order valence-electron chi connectivity index (χ3n) is 3.15. The Morgan fingerprint density at radius 2 is 1.96 bits per heavy atom. The van der Waals surface area contributed by atoms with Gasteiger partial charge in [0.2, 0.25) is 5.89 Å². The molecule has 0 saturated carbocycles. The zero-order valence-electron chi connectivity index (χ0n) is 11.9. The van der Waals surface area contributed by atoms with Gasteiger partial charge in [0.15, 0.2) is 0 Å². The fourth-order valence-electron chi connectivity index (χ4n) is 2.01. The van der Waals surface area contributed by atoms with E-state index >= 15 is 0 Å². The summed E-state index contributed by atoms with van der Waals surface area (Å²) in [5, 5.41) is 21.5. The number of hydrogen-bond acceptors (Lipinski definition) is 6. The summed E-state index contributed by atoms with van der Waals surface area (Å²) in [5.74, 6) is -0.573. The van der Waals surface area contributed by atoms with Crippen LogP contribution in [0, 0.1) is 0 Å². The van der Waals surface area contributed by atoms with Gasteiger partial charge in [-0.15, -0.1) is 0 Å². The summed E-state index contributed by atoms with van der Waals surface area (Å²) in [7, 11) is 0. The number of phenolic OH excluding ortho intramolecular Hbond substituents is 2. The number of aromatic nitrogens is 2. The minimum Gasteiger partial charge on any atom is -0.508 e. The fourth-order valence-corrected chi connectivity index (χ4v) is 2.01. The van der Waals surface area contributed by atoms with E-state index in [2.05, 4.69) is 15.3 Å². The summed E-state index contributed by atoms with van der Waals surface area (Å²) in [5.41, 5.74) is 1.56. The maximum Gasteiger partial charge on any atom is 0.255 e. The average molecular weight is 311 g/mol. The lowest BCUT2D eigenvalue weighted by Crippen LogP contribution is -2.23. The zero-order chi connectivity index (χ0) is 16.2. The summed E-state index contributed by atoms with van der Waals surface area (Å²) in [4.78, 5) is 20.2. The molecule has 0 aliphatic carbocycles. The van der Waals surface area contributed by atoms with Gasteiger partial charge in [-0.1, -0.05) is 0 Å². The van der Waals surface area contributed by atoms with Crippen molar-refractivity contribution >= 4 is 5.91 Å². The van der Waals surface area contributed by atoms with Crippen LogP contribution in [0.2, 0.25) is 0 Å². The number of aromatic hydroxyl groups is 2. The van der Waals surface area contributed by atoms with E-state index in [0.29, 0.717) is 11.6 Å². The zero-order valence-corrected chi connectivity index (χ0v) is 11.9. The molecular weight excluding hydrogens is 298 g/mol. The van der Waals surface area contributed by atoms with Crippen LogP contribution in [0.1, 0.15) is 16.2 Å². The summed E-state index contributed by atoms with van der Waals surface area (Å²) < 4.78 is 5.31. The van der Waals surface area contributed by atoms with Crippen molar-refractivity contribution in [3.05, 3.63) is 60.4 Å². The average Bonchev–Trinajstić information content (AvgIpc) is 3.02. The van der Waals surface area contributed by atoms with Gasteiger partial charge in [0.25, 0.3) is 5.91 Å². The molecule has 0 fully saturated rings. The highest BCUT2D eigenvalue weighted by Gasteiger charge is 2.13. The van der Waals surface area contributed by atoms with Gasteiger partial charge >= 0.3 is 0 Å². The molecule has 3 rings (SSSR count). The van der Waals surface area contributed by atoms with Gasteiger partial charge in [-0.25, -0.2) is 4.98 Å². The minimum absolute atomic E-state index is 0.0590. The number of oxazole rings is 1. The first-order valence-electron chi connectivity index (χ1n) is 6.78. The molecule has 116 valence electrons. The lowest BCUT2D eigenvalue weighted by molar-refractivity contribution is 0.0944. The van der Waals surface area contributed by atoms with Crippen LogP contribution in [0.5, 0.6) is 11.5 Å². The first kappa shape index (κ1) is 14.6. The van der Waals surface area contributed by atoms with Crippen molar-refractivity contribution < 1.29 is 19.4 Å². The standard InChI is InChI=1S/C16H13N3O4/c20-11-1-2-12(14(21)7-11)16(22)18-8-15-19-13(9-23-15)10-3-5-17-6-4-10/h1-7,9,20-21H,8H2,(H,18,22). The molecule has 3 N–H and O–H groups in total. The highest BCUT2D eigenvalue weighted by molar-refractivity contribution is 5.96. The highest BCUT2D eigenvalue weighted by Crippen LogP contribution is 2.22. The number of benzene rings is 1. The number of phenols is 2. The van der Waals surface area contributed by atoms with E-state index in [-0.39, 0.29) is 23.6 Å². The van der Waals surface area contributed by atoms with Gasteiger partial charge in [-0.2, -0.15) is 0 Å². The van der Waals surface area contributed by atoms with Crippen LogP contribution in [0.25, 0.3) is 11.3 Å². The lowest BCUT2D eigenvalue weighted by Gasteiger charge is -2.05. The Bertz CT molecular complexity index is 830. The van der Waals surface area contributed by atoms with Crippen LogP contribution in [0.3, 0.4) is 0 Å². The van der Waals surface area contributed by atoms with Gasteiger partial charge in [0.05, 0.1) is 12.1 Å². The Morgan fingerprint density at radius 3 is 2.70 bits per heavy atom. The summed E-state index contributed by atoms with van der Waals surface area (Å²) >= 11 is 0. The number of rotatable bonds is 4. The second-order valence-corrected chi connectivity index (χ2v) is 4.75. The number of hydrogen-bond donors (Lipinski definition) is 3. The second kappa shape index (κ2) is 6.18. The molecule has 7 nitrogen and oxygen atoms in total.